The Balaban J connectivity index is 1.38. The Hall–Kier alpha value is -3.64. The Labute approximate surface area is 218 Å². The number of fused-ring (bicyclic) bond motifs is 1. The van der Waals surface area contributed by atoms with Gasteiger partial charge in [0.25, 0.3) is 5.91 Å². The highest BCUT2D eigenvalue weighted by molar-refractivity contribution is 5.94. The van der Waals surface area contributed by atoms with Gasteiger partial charge in [-0.1, -0.05) is 79.7 Å². The third-order valence-electron chi connectivity index (χ3n) is 6.93. The van der Waals surface area contributed by atoms with Crippen molar-refractivity contribution in [2.45, 2.75) is 45.2 Å². The molecule has 1 amide bonds. The number of hydrogen-bond acceptors (Lipinski definition) is 4. The van der Waals surface area contributed by atoms with Crippen molar-refractivity contribution >= 4 is 22.6 Å². The number of carbonyl (C=O) groups is 2. The molecule has 2 atom stereocenters. The Kier molecular flexibility index (Phi) is 9.33. The van der Waals surface area contributed by atoms with Crippen LogP contribution in [0.15, 0.2) is 84.4 Å². The van der Waals surface area contributed by atoms with E-state index < -0.39 is 11.9 Å². The van der Waals surface area contributed by atoms with Crippen molar-refractivity contribution in [3.63, 3.8) is 0 Å². The minimum absolute atomic E-state index is 0.0872. The lowest BCUT2D eigenvalue weighted by molar-refractivity contribution is -0.141. The molecular weight excluding hydrogens is 464 g/mol. The van der Waals surface area contributed by atoms with Crippen LogP contribution in [-0.4, -0.2) is 47.6 Å². The molecule has 194 valence electrons. The maximum Gasteiger partial charge on any atom is 0.306 e. The van der Waals surface area contributed by atoms with Gasteiger partial charge in [-0.25, -0.2) is 0 Å². The molecule has 37 heavy (non-hydrogen) atoms. The fourth-order valence-corrected chi connectivity index (χ4v) is 4.73. The molecule has 1 heterocycles. The van der Waals surface area contributed by atoms with Crippen LogP contribution < -0.4 is 10.1 Å². The van der Waals surface area contributed by atoms with Crippen LogP contribution in [0.4, 0.5) is 0 Å². The first-order valence-electron chi connectivity index (χ1n) is 13.1. The molecule has 4 rings (SSSR count). The predicted octanol–water partition coefficient (Wildman–Crippen LogP) is 5.43. The summed E-state index contributed by atoms with van der Waals surface area (Å²) in [4.78, 5) is 26.8. The number of benzene rings is 3. The lowest BCUT2D eigenvalue weighted by Gasteiger charge is -2.18. The van der Waals surface area contributed by atoms with E-state index in [2.05, 4.69) is 34.5 Å². The molecule has 1 aliphatic heterocycles. The van der Waals surface area contributed by atoms with Gasteiger partial charge in [-0.15, -0.1) is 0 Å². The van der Waals surface area contributed by atoms with Crippen LogP contribution >= 0.6 is 0 Å². The number of allylic oxidation sites excluding steroid dienone is 1. The van der Waals surface area contributed by atoms with E-state index in [0.717, 1.165) is 42.6 Å². The van der Waals surface area contributed by atoms with Crippen molar-refractivity contribution in [1.82, 2.24) is 10.2 Å². The van der Waals surface area contributed by atoms with Gasteiger partial charge in [-0.2, -0.15) is 0 Å². The number of aliphatic carboxylic acids is 1. The second kappa shape index (κ2) is 13.1. The normalized spacial score (nSPS) is 17.0. The third kappa shape index (κ3) is 7.67. The summed E-state index contributed by atoms with van der Waals surface area (Å²) in [5.74, 6) is -0.557. The number of nitrogens with one attached hydrogen (secondary N) is 1. The zero-order chi connectivity index (χ0) is 26.0. The van der Waals surface area contributed by atoms with Crippen molar-refractivity contribution in [1.29, 1.82) is 0 Å². The number of carboxylic acids is 1. The molecule has 0 radical (unpaired) electrons. The summed E-state index contributed by atoms with van der Waals surface area (Å²) in [7, 11) is 0. The van der Waals surface area contributed by atoms with Gasteiger partial charge in [0, 0.05) is 31.1 Å². The Morgan fingerprint density at radius 3 is 2.65 bits per heavy atom. The number of amides is 1. The van der Waals surface area contributed by atoms with Gasteiger partial charge < -0.3 is 15.2 Å². The summed E-state index contributed by atoms with van der Waals surface area (Å²) in [6, 6.07) is 24.4. The van der Waals surface area contributed by atoms with Crippen LogP contribution in [0.5, 0.6) is 5.75 Å². The van der Waals surface area contributed by atoms with Gasteiger partial charge >= 0.3 is 5.97 Å². The number of rotatable bonds is 12. The van der Waals surface area contributed by atoms with Gasteiger partial charge in [0.05, 0.1) is 11.5 Å². The number of nitrogens with zero attached hydrogens (tertiary/aromatic N) is 1. The average Bonchev–Trinajstić information content (AvgIpc) is 3.34. The van der Waals surface area contributed by atoms with Crippen molar-refractivity contribution in [3.8, 4) is 5.75 Å². The van der Waals surface area contributed by atoms with Gasteiger partial charge in [0.2, 0.25) is 0 Å². The Morgan fingerprint density at radius 2 is 1.84 bits per heavy atom. The monoisotopic (exact) mass is 500 g/mol. The first-order valence-corrected chi connectivity index (χ1v) is 13.1. The van der Waals surface area contributed by atoms with Crippen molar-refractivity contribution in [2.24, 2.45) is 5.92 Å². The van der Waals surface area contributed by atoms with Crippen LogP contribution in [0, 0.1) is 5.92 Å². The van der Waals surface area contributed by atoms with Crippen LogP contribution in [-0.2, 0) is 16.1 Å². The lowest BCUT2D eigenvalue weighted by atomic mass is 10.0. The highest BCUT2D eigenvalue weighted by atomic mass is 16.5. The zero-order valence-corrected chi connectivity index (χ0v) is 21.4. The molecule has 0 aliphatic carbocycles. The molecule has 0 spiro atoms. The molecule has 6 heteroatoms. The standard InChI is InChI=1S/C31H36N2O4/c1-23(31(35)36)10-5-6-14-26(22-37-29-17-9-15-25-13-7-8-16-28(25)29)30(34)32-27-18-19-33(21-27)20-24-11-3-2-4-12-24/h2-4,7-9,11-17,23,27H,5-6,10,18-22H2,1H3,(H,32,34)(H,35,36). The molecule has 6 nitrogen and oxygen atoms in total. The molecule has 0 saturated carbocycles. The second-order valence-electron chi connectivity index (χ2n) is 9.85. The molecule has 0 bridgehead atoms. The molecule has 1 saturated heterocycles. The fourth-order valence-electron chi connectivity index (χ4n) is 4.73. The van der Waals surface area contributed by atoms with Gasteiger partial charge in [-0.05, 0) is 42.7 Å². The van der Waals surface area contributed by atoms with Gasteiger partial charge in [0.1, 0.15) is 12.4 Å². The summed E-state index contributed by atoms with van der Waals surface area (Å²) in [6.07, 6.45) is 4.72. The van der Waals surface area contributed by atoms with E-state index in [0.29, 0.717) is 24.8 Å². The number of carboxylic acid groups (broad SMARTS) is 1. The fraction of sp³-hybridized carbons (Fsp3) is 0.355. The first-order chi connectivity index (χ1) is 18.0. The number of unbranched alkanes of at least 4 members (excludes halogenated alkanes) is 1. The summed E-state index contributed by atoms with van der Waals surface area (Å²) in [5.41, 5.74) is 1.85. The topological polar surface area (TPSA) is 78.9 Å². The Bertz CT molecular complexity index is 1220. The number of hydrogen-bond donors (Lipinski definition) is 2. The molecule has 1 aliphatic rings. The average molecular weight is 501 g/mol. The van der Waals surface area contributed by atoms with Gasteiger partial charge in [0.15, 0.2) is 0 Å². The van der Waals surface area contributed by atoms with Crippen molar-refractivity contribution < 1.29 is 19.4 Å². The largest absolute Gasteiger partial charge is 0.488 e. The van der Waals surface area contributed by atoms with E-state index >= 15 is 0 Å². The molecule has 0 aromatic heterocycles. The number of likely N-dealkylation sites (tertiary alicyclic amines) is 1. The molecule has 3 aromatic rings. The van der Waals surface area contributed by atoms with Crippen molar-refractivity contribution in [2.75, 3.05) is 19.7 Å². The van der Waals surface area contributed by atoms with Crippen LogP contribution in [0.2, 0.25) is 0 Å². The van der Waals surface area contributed by atoms with Crippen LogP contribution in [0.25, 0.3) is 10.8 Å². The molecular formula is C31H36N2O4. The smallest absolute Gasteiger partial charge is 0.306 e. The lowest BCUT2D eigenvalue weighted by Crippen LogP contribution is -2.38. The SMILES string of the molecule is CC(CCCC=C(COc1cccc2ccccc12)C(=O)NC1CCN(Cc2ccccc2)C1)C(=O)O. The summed E-state index contributed by atoms with van der Waals surface area (Å²) in [5, 5.41) is 14.5. The predicted molar refractivity (Wildman–Crippen MR) is 146 cm³/mol. The summed E-state index contributed by atoms with van der Waals surface area (Å²) in [6.45, 7) is 4.51. The van der Waals surface area contributed by atoms with Crippen molar-refractivity contribution in [3.05, 3.63) is 90.0 Å². The van der Waals surface area contributed by atoms with Crippen LogP contribution in [0.1, 0.15) is 38.2 Å². The molecule has 2 N–H and O–H groups in total. The van der Waals surface area contributed by atoms with E-state index in [1.165, 1.54) is 5.56 Å². The minimum atomic E-state index is -0.789. The minimum Gasteiger partial charge on any atom is -0.488 e. The maximum absolute atomic E-state index is 13.3. The molecule has 1 fully saturated rings. The van der Waals surface area contributed by atoms with E-state index in [4.69, 9.17) is 9.84 Å². The first kappa shape index (κ1) is 26.4. The Morgan fingerprint density at radius 1 is 1.08 bits per heavy atom. The van der Waals surface area contributed by atoms with E-state index in [-0.39, 0.29) is 18.6 Å². The summed E-state index contributed by atoms with van der Waals surface area (Å²) < 4.78 is 6.15. The molecule has 2 unspecified atom stereocenters. The molecule has 3 aromatic carbocycles. The van der Waals surface area contributed by atoms with Crippen LogP contribution in [0.3, 0.4) is 0 Å². The number of carbonyl (C=O) groups excluding carboxylic acids is 1. The zero-order valence-electron chi connectivity index (χ0n) is 21.4. The second-order valence-corrected chi connectivity index (χ2v) is 9.85. The highest BCUT2D eigenvalue weighted by Gasteiger charge is 2.25. The van der Waals surface area contributed by atoms with E-state index in [9.17, 15) is 9.59 Å². The van der Waals surface area contributed by atoms with E-state index in [1.807, 2.05) is 54.6 Å². The third-order valence-corrected chi connectivity index (χ3v) is 6.93. The quantitative estimate of drug-likeness (QED) is 0.256. The van der Waals surface area contributed by atoms with Gasteiger partial charge in [-0.3, -0.25) is 14.5 Å². The van der Waals surface area contributed by atoms with E-state index in [1.54, 1.807) is 6.92 Å². The maximum atomic E-state index is 13.3. The summed E-state index contributed by atoms with van der Waals surface area (Å²) >= 11 is 0. The highest BCUT2D eigenvalue weighted by Crippen LogP contribution is 2.26. The number of ether oxygens (including phenoxy) is 1.